The average molecular weight is 366 g/mol. The van der Waals surface area contributed by atoms with Crippen LogP contribution in [-0.4, -0.2) is 41.5 Å². The lowest BCUT2D eigenvalue weighted by molar-refractivity contribution is -0.122. The molecule has 27 heavy (non-hydrogen) atoms. The second-order valence-corrected chi connectivity index (χ2v) is 6.48. The minimum atomic E-state index is -0.492. The predicted octanol–water partition coefficient (Wildman–Crippen LogP) is 3.03. The van der Waals surface area contributed by atoms with Crippen LogP contribution in [0, 0.1) is 6.92 Å². The van der Waals surface area contributed by atoms with Crippen molar-refractivity contribution in [2.75, 3.05) is 24.2 Å². The van der Waals surface area contributed by atoms with E-state index in [9.17, 15) is 9.59 Å². The molecule has 2 N–H and O–H groups in total. The molecule has 3 aromatic rings. The van der Waals surface area contributed by atoms with Crippen molar-refractivity contribution in [3.63, 3.8) is 0 Å². The number of rotatable bonds is 6. The highest BCUT2D eigenvalue weighted by molar-refractivity contribution is 6.03. The topological polar surface area (TPSA) is 87.5 Å². The third-order valence-electron chi connectivity index (χ3n) is 4.38. The van der Waals surface area contributed by atoms with Crippen LogP contribution in [0.15, 0.2) is 53.1 Å². The van der Waals surface area contributed by atoms with Gasteiger partial charge in [-0.25, -0.2) is 0 Å². The number of anilines is 2. The summed E-state index contributed by atoms with van der Waals surface area (Å²) >= 11 is 0. The summed E-state index contributed by atoms with van der Waals surface area (Å²) in [6.07, 6.45) is 0. The molecule has 0 aliphatic heterocycles. The largest absolute Gasteiger partial charge is 0.360 e. The van der Waals surface area contributed by atoms with E-state index in [4.69, 9.17) is 4.52 Å². The Morgan fingerprint density at radius 1 is 1.15 bits per heavy atom. The van der Waals surface area contributed by atoms with Crippen LogP contribution in [0.1, 0.15) is 12.7 Å². The Labute approximate surface area is 157 Å². The molecule has 1 heterocycles. The summed E-state index contributed by atoms with van der Waals surface area (Å²) in [5, 5.41) is 11.3. The maximum atomic E-state index is 12.6. The maximum Gasteiger partial charge on any atom is 0.241 e. The second kappa shape index (κ2) is 8.01. The molecule has 0 bridgehead atoms. The highest BCUT2D eigenvalue weighted by Crippen LogP contribution is 2.23. The molecule has 0 aliphatic rings. The zero-order valence-corrected chi connectivity index (χ0v) is 15.5. The lowest BCUT2D eigenvalue weighted by Gasteiger charge is -2.23. The van der Waals surface area contributed by atoms with E-state index in [-0.39, 0.29) is 18.4 Å². The number of nitrogens with one attached hydrogen (secondary N) is 2. The van der Waals surface area contributed by atoms with Gasteiger partial charge in [0.05, 0.1) is 12.6 Å². The Balaban J connectivity index is 1.61. The fourth-order valence-electron chi connectivity index (χ4n) is 2.74. The van der Waals surface area contributed by atoms with Gasteiger partial charge >= 0.3 is 0 Å². The molecule has 0 fully saturated rings. The smallest absolute Gasteiger partial charge is 0.241 e. The lowest BCUT2D eigenvalue weighted by Crippen LogP contribution is -2.43. The van der Waals surface area contributed by atoms with Crippen molar-refractivity contribution in [3.8, 4) is 0 Å². The van der Waals surface area contributed by atoms with Gasteiger partial charge in [0, 0.05) is 17.1 Å². The van der Waals surface area contributed by atoms with Crippen LogP contribution in [-0.2, 0) is 9.59 Å². The third-order valence-corrected chi connectivity index (χ3v) is 4.38. The van der Waals surface area contributed by atoms with E-state index < -0.39 is 6.04 Å². The van der Waals surface area contributed by atoms with Crippen molar-refractivity contribution in [1.29, 1.82) is 0 Å². The van der Waals surface area contributed by atoms with E-state index in [2.05, 4.69) is 15.8 Å². The minimum absolute atomic E-state index is 0.0516. The normalized spacial score (nSPS) is 12.1. The van der Waals surface area contributed by atoms with Gasteiger partial charge < -0.3 is 15.2 Å². The number of carbonyl (C=O) groups excluding carboxylic acids is 2. The molecule has 0 aliphatic carbocycles. The van der Waals surface area contributed by atoms with Crippen molar-refractivity contribution in [1.82, 2.24) is 10.1 Å². The Morgan fingerprint density at radius 3 is 2.63 bits per heavy atom. The average Bonchev–Trinajstić information content (AvgIpc) is 3.05. The molecule has 0 radical (unpaired) electrons. The summed E-state index contributed by atoms with van der Waals surface area (Å²) < 4.78 is 4.92. The molecule has 2 aromatic carbocycles. The van der Waals surface area contributed by atoms with Crippen LogP contribution in [0.2, 0.25) is 0 Å². The number of carbonyl (C=O) groups is 2. The molecular weight excluding hydrogens is 344 g/mol. The van der Waals surface area contributed by atoms with Gasteiger partial charge in [-0.15, -0.1) is 0 Å². The van der Waals surface area contributed by atoms with Crippen molar-refractivity contribution >= 4 is 34.1 Å². The number of aromatic nitrogens is 1. The second-order valence-electron chi connectivity index (χ2n) is 6.48. The third kappa shape index (κ3) is 4.51. The van der Waals surface area contributed by atoms with E-state index >= 15 is 0 Å². The van der Waals surface area contributed by atoms with Crippen LogP contribution in [0.5, 0.6) is 0 Å². The van der Waals surface area contributed by atoms with E-state index in [1.807, 2.05) is 42.5 Å². The number of nitrogens with zero attached hydrogens (tertiary/aromatic N) is 2. The molecule has 7 nitrogen and oxygen atoms in total. The number of hydrogen-bond donors (Lipinski definition) is 2. The molecule has 0 saturated heterocycles. The summed E-state index contributed by atoms with van der Waals surface area (Å²) in [6, 6.07) is 14.8. The van der Waals surface area contributed by atoms with Crippen LogP contribution >= 0.6 is 0 Å². The van der Waals surface area contributed by atoms with Crippen LogP contribution in [0.3, 0.4) is 0 Å². The van der Waals surface area contributed by atoms with Gasteiger partial charge in [-0.2, -0.15) is 0 Å². The molecule has 3 rings (SSSR count). The SMILES string of the molecule is Cc1cc(NC(=O)CN(C)C(C)C(=O)Nc2cccc3ccccc23)no1. The van der Waals surface area contributed by atoms with Crippen LogP contribution < -0.4 is 10.6 Å². The Hall–Kier alpha value is -3.19. The van der Waals surface area contributed by atoms with E-state index in [1.54, 1.807) is 31.9 Å². The quantitative estimate of drug-likeness (QED) is 0.700. The number of aryl methyl sites for hydroxylation is 1. The minimum Gasteiger partial charge on any atom is -0.360 e. The molecule has 0 saturated carbocycles. The first-order valence-corrected chi connectivity index (χ1v) is 8.66. The molecule has 7 heteroatoms. The standard InChI is InChI=1S/C20H22N4O3/c1-13-11-18(23-27-13)22-19(25)12-24(3)14(2)20(26)21-17-10-6-8-15-7-4-5-9-16(15)17/h4-11,14H,12H2,1-3H3,(H,21,26)(H,22,23,25). The first-order valence-electron chi connectivity index (χ1n) is 8.66. The number of fused-ring (bicyclic) bond motifs is 1. The monoisotopic (exact) mass is 366 g/mol. The molecule has 1 aromatic heterocycles. The van der Waals surface area contributed by atoms with Crippen molar-refractivity contribution in [2.24, 2.45) is 0 Å². The van der Waals surface area contributed by atoms with Crippen molar-refractivity contribution in [2.45, 2.75) is 19.9 Å². The van der Waals surface area contributed by atoms with Gasteiger partial charge in [-0.1, -0.05) is 41.6 Å². The number of hydrogen-bond acceptors (Lipinski definition) is 5. The number of amides is 2. The van der Waals surface area contributed by atoms with E-state index in [1.165, 1.54) is 0 Å². The molecule has 2 amide bonds. The lowest BCUT2D eigenvalue weighted by atomic mass is 10.1. The van der Waals surface area contributed by atoms with Gasteiger partial charge in [-0.05, 0) is 32.3 Å². The Morgan fingerprint density at radius 2 is 1.89 bits per heavy atom. The molecule has 1 unspecified atom stereocenters. The molecule has 140 valence electrons. The summed E-state index contributed by atoms with van der Waals surface area (Å²) in [4.78, 5) is 26.4. The van der Waals surface area contributed by atoms with Gasteiger partial charge in [0.15, 0.2) is 5.82 Å². The van der Waals surface area contributed by atoms with Gasteiger partial charge in [0.2, 0.25) is 11.8 Å². The first-order chi connectivity index (χ1) is 12.9. The van der Waals surface area contributed by atoms with Gasteiger partial charge in [0.1, 0.15) is 5.76 Å². The van der Waals surface area contributed by atoms with Gasteiger partial charge in [-0.3, -0.25) is 14.5 Å². The zero-order chi connectivity index (χ0) is 19.4. The van der Waals surface area contributed by atoms with Crippen molar-refractivity contribution in [3.05, 3.63) is 54.3 Å². The van der Waals surface area contributed by atoms with E-state index in [0.717, 1.165) is 16.5 Å². The van der Waals surface area contributed by atoms with Gasteiger partial charge in [0.25, 0.3) is 0 Å². The molecule has 0 spiro atoms. The summed E-state index contributed by atoms with van der Waals surface area (Å²) in [6.45, 7) is 3.55. The van der Waals surface area contributed by atoms with Crippen LogP contribution in [0.25, 0.3) is 10.8 Å². The van der Waals surface area contributed by atoms with Crippen LogP contribution in [0.4, 0.5) is 11.5 Å². The zero-order valence-electron chi connectivity index (χ0n) is 15.5. The number of benzene rings is 2. The summed E-state index contributed by atoms with van der Waals surface area (Å²) in [5.41, 5.74) is 0.751. The number of likely N-dealkylation sites (N-methyl/N-ethyl adjacent to an activating group) is 1. The fourth-order valence-corrected chi connectivity index (χ4v) is 2.74. The molecular formula is C20H22N4O3. The Bertz CT molecular complexity index is 961. The molecule has 1 atom stereocenters. The summed E-state index contributed by atoms with van der Waals surface area (Å²) in [7, 11) is 1.72. The first kappa shape index (κ1) is 18.6. The fraction of sp³-hybridized carbons (Fsp3) is 0.250. The highest BCUT2D eigenvalue weighted by Gasteiger charge is 2.21. The maximum absolute atomic E-state index is 12.6. The van der Waals surface area contributed by atoms with E-state index in [0.29, 0.717) is 11.6 Å². The Kier molecular flexibility index (Phi) is 5.52. The summed E-state index contributed by atoms with van der Waals surface area (Å²) in [5.74, 6) is 0.523. The highest BCUT2D eigenvalue weighted by atomic mass is 16.5. The predicted molar refractivity (Wildman–Crippen MR) is 105 cm³/mol. The van der Waals surface area contributed by atoms with Crippen molar-refractivity contribution < 1.29 is 14.1 Å².